The second-order valence-corrected chi connectivity index (χ2v) is 6.44. The zero-order valence-electron chi connectivity index (χ0n) is 15.0. The molecule has 0 amide bonds. The molecule has 130 valence electrons. The van der Waals surface area contributed by atoms with Crippen molar-refractivity contribution in [2.24, 2.45) is 5.92 Å². The maximum absolute atomic E-state index is 9.05. The average Bonchev–Trinajstić information content (AvgIpc) is 2.62. The minimum absolute atomic E-state index is 0.181. The van der Waals surface area contributed by atoms with Gasteiger partial charge in [-0.15, -0.1) is 0 Å². The van der Waals surface area contributed by atoms with Crippen molar-refractivity contribution in [3.05, 3.63) is 41.3 Å². The topological polar surface area (TPSA) is 51.5 Å². The maximum Gasteiger partial charge on any atom is 0.167 e. The summed E-state index contributed by atoms with van der Waals surface area (Å²) in [5.41, 5.74) is 2.36. The molecule has 0 aliphatic heterocycles. The molecule has 4 heteroatoms. The lowest BCUT2D eigenvalue weighted by molar-refractivity contribution is 0.106. The molecule has 0 radical (unpaired) electrons. The first-order chi connectivity index (χ1) is 11.6. The van der Waals surface area contributed by atoms with Crippen LogP contribution in [0.25, 0.3) is 0 Å². The smallest absolute Gasteiger partial charge is 0.167 e. The molecule has 0 saturated heterocycles. The number of hydrogen-bond acceptors (Lipinski definition) is 4. The van der Waals surface area contributed by atoms with Crippen molar-refractivity contribution in [1.29, 1.82) is 5.26 Å². The van der Waals surface area contributed by atoms with Crippen molar-refractivity contribution < 1.29 is 14.2 Å². The lowest BCUT2D eigenvalue weighted by Gasteiger charge is -2.26. The zero-order chi connectivity index (χ0) is 17.5. The Kier molecular flexibility index (Phi) is 6.69. The first kappa shape index (κ1) is 18.4. The van der Waals surface area contributed by atoms with Crippen molar-refractivity contribution in [3.8, 4) is 11.8 Å². The highest BCUT2D eigenvalue weighted by Crippen LogP contribution is 2.37. The van der Waals surface area contributed by atoms with Gasteiger partial charge in [0, 0.05) is 13.0 Å². The summed E-state index contributed by atoms with van der Waals surface area (Å²) in [4.78, 5) is 0. The van der Waals surface area contributed by atoms with Crippen LogP contribution in [0.3, 0.4) is 0 Å². The Hall–Kier alpha value is -1.99. The van der Waals surface area contributed by atoms with Crippen LogP contribution in [0.1, 0.15) is 49.7 Å². The summed E-state index contributed by atoms with van der Waals surface area (Å²) in [5, 5.41) is 9.05. The standard InChI is InChI=1S/C20H27NO3/c1-14-5-8-18(17-9-6-16(12-21)7-10-17)11-19(14)24-20(13-22-3)15(2)23-4/h5,8,11,13,15-17H,6-7,9-10H2,1-4H3/b20-13-. The van der Waals surface area contributed by atoms with Gasteiger partial charge in [-0.3, -0.25) is 0 Å². The second kappa shape index (κ2) is 8.75. The molecular weight excluding hydrogens is 302 g/mol. The molecule has 0 bridgehead atoms. The van der Waals surface area contributed by atoms with E-state index in [1.807, 2.05) is 13.8 Å². The minimum atomic E-state index is -0.181. The highest BCUT2D eigenvalue weighted by molar-refractivity contribution is 5.39. The third-order valence-electron chi connectivity index (χ3n) is 4.81. The van der Waals surface area contributed by atoms with Gasteiger partial charge in [-0.25, -0.2) is 0 Å². The zero-order valence-corrected chi connectivity index (χ0v) is 15.0. The SMILES string of the molecule is CO/C=C(\Oc1cc(C2CCC(C#N)CC2)ccc1C)C(C)OC. The predicted molar refractivity (Wildman–Crippen MR) is 93.7 cm³/mol. The first-order valence-electron chi connectivity index (χ1n) is 8.52. The Balaban J connectivity index is 2.17. The highest BCUT2D eigenvalue weighted by atomic mass is 16.5. The minimum Gasteiger partial charge on any atom is -0.501 e. The van der Waals surface area contributed by atoms with Gasteiger partial charge in [0.25, 0.3) is 0 Å². The van der Waals surface area contributed by atoms with E-state index in [0.717, 1.165) is 37.0 Å². The first-order valence-corrected chi connectivity index (χ1v) is 8.52. The summed E-state index contributed by atoms with van der Waals surface area (Å²) in [6, 6.07) is 8.80. The van der Waals surface area contributed by atoms with Gasteiger partial charge in [0.05, 0.1) is 13.2 Å². The van der Waals surface area contributed by atoms with Crippen molar-refractivity contribution in [3.63, 3.8) is 0 Å². The van der Waals surface area contributed by atoms with Gasteiger partial charge < -0.3 is 14.2 Å². The number of rotatable bonds is 6. The van der Waals surface area contributed by atoms with Crippen LogP contribution in [0, 0.1) is 24.2 Å². The van der Waals surface area contributed by atoms with Crippen molar-refractivity contribution in [2.75, 3.05) is 14.2 Å². The number of methoxy groups -OCH3 is 2. The normalized spacial score (nSPS) is 22.5. The van der Waals surface area contributed by atoms with Gasteiger partial charge >= 0.3 is 0 Å². The van der Waals surface area contributed by atoms with Crippen LogP contribution in [-0.4, -0.2) is 20.3 Å². The third-order valence-corrected chi connectivity index (χ3v) is 4.81. The molecular formula is C20H27NO3. The summed E-state index contributed by atoms with van der Waals surface area (Å²) in [7, 11) is 3.25. The Bertz CT molecular complexity index is 610. The number of nitrogens with zero attached hydrogens (tertiary/aromatic N) is 1. The molecule has 1 aromatic rings. The van der Waals surface area contributed by atoms with Gasteiger partial charge in [-0.05, 0) is 62.6 Å². The van der Waals surface area contributed by atoms with Crippen LogP contribution in [-0.2, 0) is 9.47 Å². The summed E-state index contributed by atoms with van der Waals surface area (Å²) in [5.74, 6) is 2.21. The monoisotopic (exact) mass is 329 g/mol. The average molecular weight is 329 g/mol. The molecule has 1 fully saturated rings. The van der Waals surface area contributed by atoms with Crippen molar-refractivity contribution >= 4 is 0 Å². The van der Waals surface area contributed by atoms with E-state index in [2.05, 4.69) is 24.3 Å². The molecule has 24 heavy (non-hydrogen) atoms. The molecule has 4 nitrogen and oxygen atoms in total. The molecule has 1 aromatic carbocycles. The number of nitriles is 1. The molecule has 0 N–H and O–H groups in total. The summed E-state index contributed by atoms with van der Waals surface area (Å²) < 4.78 is 16.5. The molecule has 0 heterocycles. The Morgan fingerprint density at radius 2 is 1.96 bits per heavy atom. The van der Waals surface area contributed by atoms with Gasteiger partial charge in [-0.2, -0.15) is 5.26 Å². The highest BCUT2D eigenvalue weighted by Gasteiger charge is 2.23. The Morgan fingerprint density at radius 3 is 2.54 bits per heavy atom. The van der Waals surface area contributed by atoms with Gasteiger partial charge in [-0.1, -0.05) is 12.1 Å². The van der Waals surface area contributed by atoms with Crippen LogP contribution in [0.5, 0.6) is 5.75 Å². The van der Waals surface area contributed by atoms with E-state index in [4.69, 9.17) is 19.5 Å². The molecule has 1 saturated carbocycles. The predicted octanol–water partition coefficient (Wildman–Crippen LogP) is 4.69. The largest absolute Gasteiger partial charge is 0.501 e. The van der Waals surface area contributed by atoms with Crippen LogP contribution < -0.4 is 4.74 Å². The van der Waals surface area contributed by atoms with E-state index in [1.165, 1.54) is 5.56 Å². The Labute approximate surface area is 145 Å². The third kappa shape index (κ3) is 4.52. The summed E-state index contributed by atoms with van der Waals surface area (Å²) in [6.07, 6.45) is 5.50. The van der Waals surface area contributed by atoms with Gasteiger partial charge in [0.2, 0.25) is 0 Å². The number of hydrogen-bond donors (Lipinski definition) is 0. The van der Waals surface area contributed by atoms with E-state index in [0.29, 0.717) is 11.7 Å². The molecule has 0 spiro atoms. The summed E-state index contributed by atoms with van der Waals surface area (Å²) >= 11 is 0. The molecule has 0 aromatic heterocycles. The molecule has 1 unspecified atom stereocenters. The fourth-order valence-corrected chi connectivity index (χ4v) is 3.10. The van der Waals surface area contributed by atoms with E-state index < -0.39 is 0 Å². The molecule has 1 aliphatic rings. The molecule has 1 atom stereocenters. The van der Waals surface area contributed by atoms with E-state index in [9.17, 15) is 0 Å². The maximum atomic E-state index is 9.05. The van der Waals surface area contributed by atoms with Crippen molar-refractivity contribution in [2.45, 2.75) is 51.6 Å². The lowest BCUT2D eigenvalue weighted by atomic mass is 9.79. The Morgan fingerprint density at radius 1 is 1.25 bits per heavy atom. The lowest BCUT2D eigenvalue weighted by Crippen LogP contribution is -2.15. The fraction of sp³-hybridized carbons (Fsp3) is 0.550. The molecule has 2 rings (SSSR count). The van der Waals surface area contributed by atoms with Crippen LogP contribution >= 0.6 is 0 Å². The fourth-order valence-electron chi connectivity index (χ4n) is 3.10. The van der Waals surface area contributed by atoms with Gasteiger partial charge in [0.15, 0.2) is 5.76 Å². The van der Waals surface area contributed by atoms with E-state index >= 15 is 0 Å². The van der Waals surface area contributed by atoms with Gasteiger partial charge in [0.1, 0.15) is 18.1 Å². The summed E-state index contributed by atoms with van der Waals surface area (Å²) in [6.45, 7) is 3.96. The van der Waals surface area contributed by atoms with Crippen LogP contribution in [0.2, 0.25) is 0 Å². The quantitative estimate of drug-likeness (QED) is 0.710. The number of ether oxygens (including phenoxy) is 3. The van der Waals surface area contributed by atoms with E-state index in [-0.39, 0.29) is 12.0 Å². The van der Waals surface area contributed by atoms with Crippen molar-refractivity contribution in [1.82, 2.24) is 0 Å². The van der Waals surface area contributed by atoms with E-state index in [1.54, 1.807) is 20.5 Å². The number of aryl methyl sites for hydroxylation is 1. The van der Waals surface area contributed by atoms with Crippen LogP contribution in [0.4, 0.5) is 0 Å². The number of benzene rings is 1. The second-order valence-electron chi connectivity index (χ2n) is 6.44. The molecule has 1 aliphatic carbocycles. The van der Waals surface area contributed by atoms with Crippen LogP contribution in [0.15, 0.2) is 30.2 Å².